The molecule has 2 fully saturated rings. The van der Waals surface area contributed by atoms with Crippen LogP contribution in [0.3, 0.4) is 0 Å². The topological polar surface area (TPSA) is 54.9 Å². The van der Waals surface area contributed by atoms with Gasteiger partial charge < -0.3 is 20.1 Å². The Balaban J connectivity index is 0.00000231. The van der Waals surface area contributed by atoms with E-state index in [1.807, 2.05) is 7.05 Å². The number of nitrogens with zero attached hydrogens (tertiary/aromatic N) is 1. The highest BCUT2D eigenvalue weighted by Gasteiger charge is 2.54. The Morgan fingerprint density at radius 3 is 2.87 bits per heavy atom. The lowest BCUT2D eigenvalue weighted by Gasteiger charge is -2.18. The monoisotopic (exact) mass is 533 g/mol. The van der Waals surface area contributed by atoms with Crippen molar-refractivity contribution in [1.82, 2.24) is 10.6 Å². The molecule has 1 aliphatic heterocycles. The first-order chi connectivity index (χ1) is 14.7. The molecule has 0 aromatic heterocycles. The maximum Gasteiger partial charge on any atom is 0.191 e. The second-order valence-corrected chi connectivity index (χ2v) is 8.78. The number of ether oxygens (including phenoxy) is 2. The highest BCUT2D eigenvalue weighted by molar-refractivity contribution is 14.0. The SMILES string of the molecule is CN=C(NCc1ccc(C)cc1OC1CCOC1)NCC1C2Cc3ccccc3C12.I. The van der Waals surface area contributed by atoms with E-state index in [1.54, 1.807) is 11.1 Å². The van der Waals surface area contributed by atoms with Crippen LogP contribution in [0, 0.1) is 18.8 Å². The van der Waals surface area contributed by atoms with Crippen LogP contribution in [-0.2, 0) is 17.7 Å². The van der Waals surface area contributed by atoms with Crippen molar-refractivity contribution in [3.8, 4) is 5.75 Å². The molecule has 2 aromatic carbocycles. The predicted molar refractivity (Wildman–Crippen MR) is 135 cm³/mol. The predicted octanol–water partition coefficient (Wildman–Crippen LogP) is 4.03. The van der Waals surface area contributed by atoms with Crippen LogP contribution >= 0.6 is 24.0 Å². The minimum absolute atomic E-state index is 0. The van der Waals surface area contributed by atoms with E-state index in [0.29, 0.717) is 13.2 Å². The van der Waals surface area contributed by atoms with E-state index in [1.165, 1.54) is 12.0 Å². The Morgan fingerprint density at radius 1 is 1.19 bits per heavy atom. The molecule has 0 bridgehead atoms. The third kappa shape index (κ3) is 4.85. The molecule has 4 unspecified atom stereocenters. The molecule has 31 heavy (non-hydrogen) atoms. The first-order valence-electron chi connectivity index (χ1n) is 11.1. The normalized spacial score (nSPS) is 25.9. The van der Waals surface area contributed by atoms with Crippen molar-refractivity contribution < 1.29 is 9.47 Å². The van der Waals surface area contributed by atoms with Crippen LogP contribution in [0.2, 0.25) is 0 Å². The zero-order chi connectivity index (χ0) is 20.5. The Kier molecular flexibility index (Phi) is 7.06. The molecule has 0 amide bonds. The summed E-state index contributed by atoms with van der Waals surface area (Å²) in [7, 11) is 1.83. The maximum absolute atomic E-state index is 6.22. The maximum atomic E-state index is 6.22. The van der Waals surface area contributed by atoms with Crippen molar-refractivity contribution >= 4 is 29.9 Å². The molecule has 2 N–H and O–H groups in total. The van der Waals surface area contributed by atoms with Crippen LogP contribution in [0.5, 0.6) is 5.75 Å². The van der Waals surface area contributed by atoms with E-state index < -0.39 is 0 Å². The van der Waals surface area contributed by atoms with Crippen LogP contribution < -0.4 is 15.4 Å². The number of aliphatic imine (C=N–C) groups is 1. The van der Waals surface area contributed by atoms with Gasteiger partial charge >= 0.3 is 0 Å². The van der Waals surface area contributed by atoms with Gasteiger partial charge in [0.25, 0.3) is 0 Å². The summed E-state index contributed by atoms with van der Waals surface area (Å²) in [5.74, 6) is 4.06. The van der Waals surface area contributed by atoms with Crippen LogP contribution in [-0.4, -0.2) is 38.9 Å². The lowest BCUT2D eigenvalue weighted by atomic mass is 10.0. The van der Waals surface area contributed by atoms with Gasteiger partial charge in [0.15, 0.2) is 5.96 Å². The Bertz CT molecular complexity index is 942. The fraction of sp³-hybridized carbons (Fsp3) is 0.480. The number of hydrogen-bond acceptors (Lipinski definition) is 3. The number of halogens is 1. The third-order valence-electron chi connectivity index (χ3n) is 6.78. The van der Waals surface area contributed by atoms with Gasteiger partial charge in [-0.1, -0.05) is 36.4 Å². The van der Waals surface area contributed by atoms with E-state index in [-0.39, 0.29) is 30.1 Å². The average Bonchev–Trinajstić information content (AvgIpc) is 3.09. The fourth-order valence-electron chi connectivity index (χ4n) is 5.08. The molecular weight excluding hydrogens is 501 g/mol. The Hall–Kier alpha value is -1.80. The molecule has 5 rings (SSSR count). The Labute approximate surface area is 202 Å². The Morgan fingerprint density at radius 2 is 2.06 bits per heavy atom. The number of nitrogens with one attached hydrogen (secondary N) is 2. The highest BCUT2D eigenvalue weighted by Crippen LogP contribution is 2.60. The average molecular weight is 533 g/mol. The molecular formula is C25H32IN3O2. The number of aryl methyl sites for hydroxylation is 1. The van der Waals surface area contributed by atoms with E-state index in [2.05, 4.69) is 65.0 Å². The summed E-state index contributed by atoms with van der Waals surface area (Å²) in [6, 6.07) is 15.3. The van der Waals surface area contributed by atoms with Gasteiger partial charge in [0.1, 0.15) is 11.9 Å². The third-order valence-corrected chi connectivity index (χ3v) is 6.78. The molecule has 6 heteroatoms. The van der Waals surface area contributed by atoms with Crippen molar-refractivity contribution in [3.05, 3.63) is 64.7 Å². The lowest BCUT2D eigenvalue weighted by Crippen LogP contribution is -2.38. The minimum Gasteiger partial charge on any atom is -0.488 e. The highest BCUT2D eigenvalue weighted by atomic mass is 127. The molecule has 0 spiro atoms. The summed E-state index contributed by atoms with van der Waals surface area (Å²) in [6.07, 6.45) is 2.34. The van der Waals surface area contributed by atoms with Crippen molar-refractivity contribution in [2.24, 2.45) is 16.8 Å². The van der Waals surface area contributed by atoms with Gasteiger partial charge in [0.05, 0.1) is 13.2 Å². The van der Waals surface area contributed by atoms with E-state index >= 15 is 0 Å². The van der Waals surface area contributed by atoms with Crippen LogP contribution in [0.1, 0.15) is 34.6 Å². The number of benzene rings is 2. The lowest BCUT2D eigenvalue weighted by molar-refractivity contribution is 0.140. The molecule has 4 atom stereocenters. The summed E-state index contributed by atoms with van der Waals surface area (Å²) in [6.45, 7) is 5.22. The van der Waals surface area contributed by atoms with Gasteiger partial charge in [-0.05, 0) is 53.9 Å². The molecule has 1 heterocycles. The number of rotatable bonds is 6. The first kappa shape index (κ1) is 22.4. The van der Waals surface area contributed by atoms with Crippen molar-refractivity contribution in [3.63, 3.8) is 0 Å². The molecule has 2 aliphatic carbocycles. The van der Waals surface area contributed by atoms with Crippen molar-refractivity contribution in [1.29, 1.82) is 0 Å². The van der Waals surface area contributed by atoms with Gasteiger partial charge in [-0.3, -0.25) is 4.99 Å². The quantitative estimate of drug-likeness (QED) is 0.335. The summed E-state index contributed by atoms with van der Waals surface area (Å²) in [5.41, 5.74) is 5.46. The zero-order valence-corrected chi connectivity index (χ0v) is 20.6. The second kappa shape index (κ2) is 9.77. The van der Waals surface area contributed by atoms with Gasteiger partial charge in [0.2, 0.25) is 0 Å². The van der Waals surface area contributed by atoms with Crippen LogP contribution in [0.25, 0.3) is 0 Å². The number of guanidine groups is 1. The molecule has 3 aliphatic rings. The zero-order valence-electron chi connectivity index (χ0n) is 18.3. The number of fused-ring (bicyclic) bond motifs is 3. The molecule has 2 aromatic rings. The first-order valence-corrected chi connectivity index (χ1v) is 11.1. The second-order valence-electron chi connectivity index (χ2n) is 8.78. The van der Waals surface area contributed by atoms with Crippen LogP contribution in [0.4, 0.5) is 0 Å². The minimum atomic E-state index is 0. The smallest absolute Gasteiger partial charge is 0.191 e. The van der Waals surface area contributed by atoms with Crippen molar-refractivity contribution in [2.75, 3.05) is 26.8 Å². The van der Waals surface area contributed by atoms with Crippen molar-refractivity contribution in [2.45, 2.75) is 38.3 Å². The molecule has 5 nitrogen and oxygen atoms in total. The van der Waals surface area contributed by atoms with Gasteiger partial charge in [-0.25, -0.2) is 0 Å². The van der Waals surface area contributed by atoms with E-state index in [0.717, 1.165) is 54.6 Å². The standard InChI is InChI=1S/C25H31N3O2.HI/c1-16-7-8-18(23(11-16)30-19-9-10-29-15-19)13-27-25(26-2)28-14-22-21-12-17-5-3-4-6-20(17)24(21)22;/h3-8,11,19,21-22,24H,9-10,12-15H2,1-2H3,(H2,26,27,28);1H. The summed E-state index contributed by atoms with van der Waals surface area (Å²) in [5, 5.41) is 7.01. The summed E-state index contributed by atoms with van der Waals surface area (Å²) < 4.78 is 11.7. The summed E-state index contributed by atoms with van der Waals surface area (Å²) in [4.78, 5) is 4.43. The fourth-order valence-corrected chi connectivity index (χ4v) is 5.08. The molecule has 1 saturated carbocycles. The van der Waals surface area contributed by atoms with E-state index in [9.17, 15) is 0 Å². The van der Waals surface area contributed by atoms with Gasteiger partial charge in [-0.2, -0.15) is 0 Å². The van der Waals surface area contributed by atoms with Crippen LogP contribution in [0.15, 0.2) is 47.5 Å². The summed E-state index contributed by atoms with van der Waals surface area (Å²) >= 11 is 0. The number of hydrogen-bond donors (Lipinski definition) is 2. The van der Waals surface area contributed by atoms with Gasteiger partial charge in [0, 0.05) is 32.1 Å². The molecule has 166 valence electrons. The molecule has 0 radical (unpaired) electrons. The molecule has 1 saturated heterocycles. The largest absolute Gasteiger partial charge is 0.488 e. The van der Waals surface area contributed by atoms with Gasteiger partial charge in [-0.15, -0.1) is 24.0 Å². The van der Waals surface area contributed by atoms with E-state index in [4.69, 9.17) is 9.47 Å².